The van der Waals surface area contributed by atoms with Crippen molar-refractivity contribution in [1.29, 1.82) is 0 Å². The fourth-order valence-corrected chi connectivity index (χ4v) is 4.32. The highest BCUT2D eigenvalue weighted by atomic mass is 79.9. The number of fused-ring (bicyclic) bond motifs is 3. The summed E-state index contributed by atoms with van der Waals surface area (Å²) in [4.78, 5) is 9.99. The van der Waals surface area contributed by atoms with E-state index in [9.17, 15) is 0 Å². The Balaban J connectivity index is 1.64. The maximum Gasteiger partial charge on any atom is 0.161 e. The molecule has 0 amide bonds. The van der Waals surface area contributed by atoms with Gasteiger partial charge in [0.15, 0.2) is 5.82 Å². The molecule has 0 saturated carbocycles. The van der Waals surface area contributed by atoms with Crippen molar-refractivity contribution >= 4 is 37.9 Å². The van der Waals surface area contributed by atoms with Crippen molar-refractivity contribution < 1.29 is 4.42 Å². The molecule has 152 valence electrons. The zero-order valence-electron chi connectivity index (χ0n) is 17.0. The van der Waals surface area contributed by atoms with Gasteiger partial charge in [-0.25, -0.2) is 9.97 Å². The van der Waals surface area contributed by atoms with E-state index in [-0.39, 0.29) is 0 Å². The van der Waals surface area contributed by atoms with Crippen LogP contribution in [0.15, 0.2) is 112 Å². The molecule has 4 aromatic carbocycles. The zero-order chi connectivity index (χ0) is 21.5. The average Bonchev–Trinajstić information content (AvgIpc) is 3.24. The quantitative estimate of drug-likeness (QED) is 0.258. The topological polar surface area (TPSA) is 38.9 Å². The van der Waals surface area contributed by atoms with Gasteiger partial charge in [0.25, 0.3) is 0 Å². The number of benzene rings is 4. The first-order valence-electron chi connectivity index (χ1n) is 10.4. The molecule has 4 heteroatoms. The van der Waals surface area contributed by atoms with Crippen LogP contribution in [0.1, 0.15) is 0 Å². The summed E-state index contributed by atoms with van der Waals surface area (Å²) in [6, 6.07) is 34.6. The van der Waals surface area contributed by atoms with Crippen LogP contribution in [0.5, 0.6) is 0 Å². The van der Waals surface area contributed by atoms with E-state index in [1.54, 1.807) is 0 Å². The molecule has 6 rings (SSSR count). The molecular weight excluding hydrogens is 460 g/mol. The van der Waals surface area contributed by atoms with Gasteiger partial charge in [0.2, 0.25) is 0 Å². The Morgan fingerprint density at radius 1 is 0.594 bits per heavy atom. The van der Waals surface area contributed by atoms with E-state index < -0.39 is 0 Å². The zero-order valence-corrected chi connectivity index (χ0v) is 18.6. The molecule has 0 atom stereocenters. The van der Waals surface area contributed by atoms with E-state index in [1.165, 1.54) is 0 Å². The standard InChI is InChI=1S/C28H17BrN2O/c29-20-15-13-19(14-16-20)24-17-23(18-7-2-1-3-8-18)30-28(31-24)22-10-6-12-26-27(22)21-9-4-5-11-25(21)32-26/h1-17H. The van der Waals surface area contributed by atoms with Gasteiger partial charge in [0.1, 0.15) is 11.2 Å². The van der Waals surface area contributed by atoms with Gasteiger partial charge in [-0.15, -0.1) is 0 Å². The second-order valence-corrected chi connectivity index (χ2v) is 8.53. The van der Waals surface area contributed by atoms with Gasteiger partial charge >= 0.3 is 0 Å². The molecular formula is C28H17BrN2O. The lowest BCUT2D eigenvalue weighted by Gasteiger charge is -2.10. The Morgan fingerprint density at radius 3 is 2.03 bits per heavy atom. The molecule has 0 aliphatic heterocycles. The second-order valence-electron chi connectivity index (χ2n) is 7.61. The van der Waals surface area contributed by atoms with Crippen molar-refractivity contribution in [2.75, 3.05) is 0 Å². The number of nitrogens with zero attached hydrogens (tertiary/aromatic N) is 2. The average molecular weight is 477 g/mol. The van der Waals surface area contributed by atoms with Gasteiger partial charge in [-0.05, 0) is 30.3 Å². The minimum atomic E-state index is 0.682. The largest absolute Gasteiger partial charge is 0.456 e. The molecule has 3 nitrogen and oxygen atoms in total. The highest BCUT2D eigenvalue weighted by molar-refractivity contribution is 9.10. The first kappa shape index (κ1) is 19.0. The Morgan fingerprint density at radius 2 is 1.25 bits per heavy atom. The summed E-state index contributed by atoms with van der Waals surface area (Å²) in [5.74, 6) is 0.682. The molecule has 6 aromatic rings. The summed E-state index contributed by atoms with van der Waals surface area (Å²) in [6.07, 6.45) is 0. The van der Waals surface area contributed by atoms with E-state index >= 15 is 0 Å². The highest BCUT2D eigenvalue weighted by Crippen LogP contribution is 2.36. The smallest absolute Gasteiger partial charge is 0.161 e. The highest BCUT2D eigenvalue weighted by Gasteiger charge is 2.16. The van der Waals surface area contributed by atoms with Gasteiger partial charge in [-0.3, -0.25) is 0 Å². The lowest BCUT2D eigenvalue weighted by Crippen LogP contribution is -1.96. The second kappa shape index (κ2) is 7.74. The molecule has 0 aliphatic carbocycles. The summed E-state index contributed by atoms with van der Waals surface area (Å²) in [6.45, 7) is 0. The molecule has 2 aromatic heterocycles. The molecule has 2 heterocycles. The van der Waals surface area contributed by atoms with E-state index in [0.29, 0.717) is 5.82 Å². The molecule has 0 bridgehead atoms. The number of hydrogen-bond donors (Lipinski definition) is 0. The number of furan rings is 1. The summed E-state index contributed by atoms with van der Waals surface area (Å²) in [5, 5.41) is 2.10. The van der Waals surface area contributed by atoms with E-state index in [1.807, 2.05) is 60.7 Å². The Hall–Kier alpha value is -3.76. The predicted molar refractivity (Wildman–Crippen MR) is 133 cm³/mol. The maximum atomic E-state index is 6.10. The molecule has 32 heavy (non-hydrogen) atoms. The van der Waals surface area contributed by atoms with Gasteiger partial charge in [0.05, 0.1) is 11.4 Å². The van der Waals surface area contributed by atoms with Crippen molar-refractivity contribution in [2.45, 2.75) is 0 Å². The van der Waals surface area contributed by atoms with Crippen LogP contribution in [0.4, 0.5) is 0 Å². The normalized spacial score (nSPS) is 11.3. The van der Waals surface area contributed by atoms with Crippen LogP contribution in [0.25, 0.3) is 55.8 Å². The molecule has 0 spiro atoms. The molecule has 0 aliphatic rings. The minimum absolute atomic E-state index is 0.682. The summed E-state index contributed by atoms with van der Waals surface area (Å²) >= 11 is 3.52. The summed E-state index contributed by atoms with van der Waals surface area (Å²) in [5.41, 5.74) is 6.52. The van der Waals surface area contributed by atoms with Crippen LogP contribution in [-0.2, 0) is 0 Å². The van der Waals surface area contributed by atoms with E-state index in [0.717, 1.165) is 54.5 Å². The van der Waals surface area contributed by atoms with Crippen LogP contribution in [-0.4, -0.2) is 9.97 Å². The van der Waals surface area contributed by atoms with Crippen molar-refractivity contribution in [1.82, 2.24) is 9.97 Å². The van der Waals surface area contributed by atoms with Crippen molar-refractivity contribution in [3.8, 4) is 33.9 Å². The predicted octanol–water partition coefficient (Wildman–Crippen LogP) is 8.14. The van der Waals surface area contributed by atoms with Crippen LogP contribution >= 0.6 is 15.9 Å². The van der Waals surface area contributed by atoms with Crippen LogP contribution in [0.2, 0.25) is 0 Å². The van der Waals surface area contributed by atoms with E-state index in [4.69, 9.17) is 14.4 Å². The third-order valence-electron chi connectivity index (χ3n) is 5.58. The van der Waals surface area contributed by atoms with Gasteiger partial charge < -0.3 is 4.42 Å². The fourth-order valence-electron chi connectivity index (χ4n) is 4.05. The summed E-state index contributed by atoms with van der Waals surface area (Å²) < 4.78 is 7.13. The molecule has 0 radical (unpaired) electrons. The van der Waals surface area contributed by atoms with Crippen molar-refractivity contribution in [3.05, 3.63) is 108 Å². The minimum Gasteiger partial charge on any atom is -0.456 e. The number of rotatable bonds is 3. The van der Waals surface area contributed by atoms with Gasteiger partial charge in [-0.1, -0.05) is 88.7 Å². The van der Waals surface area contributed by atoms with Crippen LogP contribution in [0.3, 0.4) is 0 Å². The Kier molecular flexibility index (Phi) is 4.58. The third kappa shape index (κ3) is 3.29. The number of halogens is 1. The third-order valence-corrected chi connectivity index (χ3v) is 6.11. The van der Waals surface area contributed by atoms with Gasteiger partial charge in [-0.2, -0.15) is 0 Å². The number of aromatic nitrogens is 2. The van der Waals surface area contributed by atoms with Crippen molar-refractivity contribution in [2.24, 2.45) is 0 Å². The fraction of sp³-hybridized carbons (Fsp3) is 0. The molecule has 0 N–H and O–H groups in total. The summed E-state index contributed by atoms with van der Waals surface area (Å²) in [7, 11) is 0. The van der Waals surface area contributed by atoms with Crippen molar-refractivity contribution in [3.63, 3.8) is 0 Å². The van der Waals surface area contributed by atoms with Gasteiger partial charge in [0, 0.05) is 31.9 Å². The Labute approximate surface area is 193 Å². The number of hydrogen-bond acceptors (Lipinski definition) is 3. The molecule has 0 unspecified atom stereocenters. The SMILES string of the molecule is Brc1ccc(-c2cc(-c3ccccc3)nc(-c3cccc4oc5ccccc5c34)n2)cc1. The van der Waals surface area contributed by atoms with E-state index in [2.05, 4.69) is 58.4 Å². The lowest BCUT2D eigenvalue weighted by atomic mass is 10.0. The first-order chi connectivity index (χ1) is 15.8. The maximum absolute atomic E-state index is 6.10. The van der Waals surface area contributed by atoms with Crippen LogP contribution in [0, 0.1) is 0 Å². The number of para-hydroxylation sites is 1. The monoisotopic (exact) mass is 476 g/mol. The lowest BCUT2D eigenvalue weighted by molar-refractivity contribution is 0.669. The Bertz CT molecular complexity index is 1570. The first-order valence-corrected chi connectivity index (χ1v) is 11.2. The molecule has 0 fully saturated rings. The van der Waals surface area contributed by atoms with Crippen LogP contribution < -0.4 is 0 Å². The molecule has 0 saturated heterocycles.